The van der Waals surface area contributed by atoms with Crippen molar-refractivity contribution >= 4 is 11.7 Å². The van der Waals surface area contributed by atoms with Crippen LogP contribution in [0, 0.1) is 5.92 Å². The molecule has 0 radical (unpaired) electrons. The van der Waals surface area contributed by atoms with Crippen LogP contribution < -0.4 is 20.1 Å². The van der Waals surface area contributed by atoms with E-state index in [1.165, 1.54) is 0 Å². The van der Waals surface area contributed by atoms with E-state index in [2.05, 4.69) is 24.5 Å². The highest BCUT2D eigenvalue weighted by molar-refractivity contribution is 5.90. The quantitative estimate of drug-likeness (QED) is 0.530. The number of anilines is 1. The Hall–Kier alpha value is -2.73. The van der Waals surface area contributed by atoms with Gasteiger partial charge in [-0.05, 0) is 36.5 Å². The summed E-state index contributed by atoms with van der Waals surface area (Å²) < 4.78 is 11.2. The highest BCUT2D eigenvalue weighted by Crippen LogP contribution is 2.30. The third-order valence-corrected chi connectivity index (χ3v) is 4.29. The number of hydrogen-bond donors (Lipinski definition) is 3. The topological polar surface area (TPSA) is 79.8 Å². The van der Waals surface area contributed by atoms with E-state index in [4.69, 9.17) is 9.47 Å². The maximum absolute atomic E-state index is 12.4. The summed E-state index contributed by atoms with van der Waals surface area (Å²) >= 11 is 0. The Morgan fingerprint density at radius 1 is 1.11 bits per heavy atom. The van der Waals surface area contributed by atoms with Crippen LogP contribution in [0.1, 0.15) is 38.3 Å². The standard InChI is InChI=1S/C22H30N2O4/c1-16(2)8-7-13-28-21-14-18(11-12-20(21)27-3)23-22(26)24-19(15-25)17-9-5-4-6-10-17/h4-6,9-12,14,16,19,25H,7-8,13,15H2,1-3H3,(H2,23,24,26). The van der Waals surface area contributed by atoms with Gasteiger partial charge in [0, 0.05) is 11.8 Å². The number of carbonyl (C=O) groups is 1. The van der Waals surface area contributed by atoms with Gasteiger partial charge in [-0.15, -0.1) is 0 Å². The Bertz CT molecular complexity index is 735. The number of benzene rings is 2. The number of amides is 2. The highest BCUT2D eigenvalue weighted by Gasteiger charge is 2.14. The van der Waals surface area contributed by atoms with E-state index < -0.39 is 12.1 Å². The van der Waals surface area contributed by atoms with Crippen molar-refractivity contribution in [3.8, 4) is 11.5 Å². The zero-order valence-electron chi connectivity index (χ0n) is 16.8. The minimum atomic E-state index is -0.480. The van der Waals surface area contributed by atoms with Gasteiger partial charge in [0.05, 0.1) is 26.4 Å². The van der Waals surface area contributed by atoms with E-state index in [0.717, 1.165) is 18.4 Å². The third kappa shape index (κ3) is 6.78. The number of urea groups is 1. The van der Waals surface area contributed by atoms with E-state index in [1.54, 1.807) is 25.3 Å². The maximum Gasteiger partial charge on any atom is 0.319 e. The van der Waals surface area contributed by atoms with Crippen LogP contribution in [-0.2, 0) is 0 Å². The molecule has 0 aliphatic carbocycles. The molecule has 0 fully saturated rings. The van der Waals surface area contributed by atoms with Crippen LogP contribution in [-0.4, -0.2) is 31.5 Å². The number of methoxy groups -OCH3 is 1. The number of ether oxygens (including phenoxy) is 2. The highest BCUT2D eigenvalue weighted by atomic mass is 16.5. The number of hydrogen-bond acceptors (Lipinski definition) is 4. The Morgan fingerprint density at radius 3 is 2.50 bits per heavy atom. The largest absolute Gasteiger partial charge is 0.493 e. The molecule has 6 nitrogen and oxygen atoms in total. The van der Waals surface area contributed by atoms with E-state index in [1.807, 2.05) is 30.3 Å². The Morgan fingerprint density at radius 2 is 1.86 bits per heavy atom. The molecule has 1 unspecified atom stereocenters. The smallest absolute Gasteiger partial charge is 0.319 e. The third-order valence-electron chi connectivity index (χ3n) is 4.29. The molecule has 0 saturated heterocycles. The molecule has 0 saturated carbocycles. The van der Waals surface area contributed by atoms with Gasteiger partial charge in [0.2, 0.25) is 0 Å². The lowest BCUT2D eigenvalue weighted by atomic mass is 10.1. The average molecular weight is 386 g/mol. The van der Waals surface area contributed by atoms with Gasteiger partial charge in [-0.2, -0.15) is 0 Å². The van der Waals surface area contributed by atoms with Crippen molar-refractivity contribution in [3.05, 3.63) is 54.1 Å². The van der Waals surface area contributed by atoms with E-state index in [9.17, 15) is 9.90 Å². The molecule has 3 N–H and O–H groups in total. The van der Waals surface area contributed by atoms with Crippen molar-refractivity contribution in [1.82, 2.24) is 5.32 Å². The van der Waals surface area contributed by atoms with Crippen LogP contribution in [0.2, 0.25) is 0 Å². The first kappa shape index (κ1) is 21.6. The second-order valence-corrected chi connectivity index (χ2v) is 6.99. The summed E-state index contributed by atoms with van der Waals surface area (Å²) in [4.78, 5) is 12.4. The molecule has 1 atom stereocenters. The van der Waals surface area contributed by atoms with Gasteiger partial charge >= 0.3 is 6.03 Å². The Labute approximate surface area is 166 Å². The summed E-state index contributed by atoms with van der Waals surface area (Å²) in [5, 5.41) is 15.1. The summed E-state index contributed by atoms with van der Waals surface area (Å²) in [6.07, 6.45) is 2.04. The van der Waals surface area contributed by atoms with Gasteiger partial charge in [0.1, 0.15) is 0 Å². The van der Waals surface area contributed by atoms with Crippen molar-refractivity contribution in [2.45, 2.75) is 32.7 Å². The van der Waals surface area contributed by atoms with Gasteiger partial charge in [-0.1, -0.05) is 44.2 Å². The lowest BCUT2D eigenvalue weighted by Crippen LogP contribution is -2.34. The number of carbonyl (C=O) groups excluding carboxylic acids is 1. The molecule has 0 aromatic heterocycles. The minimum Gasteiger partial charge on any atom is -0.493 e. The monoisotopic (exact) mass is 386 g/mol. The predicted octanol–water partition coefficient (Wildman–Crippen LogP) is 4.37. The molecule has 2 rings (SSSR count). The van der Waals surface area contributed by atoms with Crippen molar-refractivity contribution in [2.24, 2.45) is 5.92 Å². The molecule has 0 aliphatic rings. The zero-order chi connectivity index (χ0) is 20.4. The van der Waals surface area contributed by atoms with E-state index in [0.29, 0.717) is 29.7 Å². The molecule has 0 bridgehead atoms. The first-order valence-corrected chi connectivity index (χ1v) is 9.57. The fraction of sp³-hybridized carbons (Fsp3) is 0.409. The van der Waals surface area contributed by atoms with Gasteiger partial charge in [-0.3, -0.25) is 0 Å². The van der Waals surface area contributed by atoms with Crippen molar-refractivity contribution in [2.75, 3.05) is 25.6 Å². The minimum absolute atomic E-state index is 0.190. The second kappa shape index (κ2) is 11.2. The van der Waals surface area contributed by atoms with E-state index in [-0.39, 0.29) is 6.61 Å². The summed E-state index contributed by atoms with van der Waals surface area (Å²) in [6, 6.07) is 13.7. The molecular formula is C22H30N2O4. The lowest BCUT2D eigenvalue weighted by Gasteiger charge is -2.18. The number of nitrogens with one attached hydrogen (secondary N) is 2. The van der Waals surface area contributed by atoms with Crippen molar-refractivity contribution in [3.63, 3.8) is 0 Å². The van der Waals surface area contributed by atoms with Crippen LogP contribution in [0.5, 0.6) is 11.5 Å². The van der Waals surface area contributed by atoms with Crippen molar-refractivity contribution < 1.29 is 19.4 Å². The molecule has 0 heterocycles. The van der Waals surface area contributed by atoms with Crippen molar-refractivity contribution in [1.29, 1.82) is 0 Å². The molecule has 6 heteroatoms. The van der Waals surface area contributed by atoms with Crippen LogP contribution in [0.25, 0.3) is 0 Å². The van der Waals surface area contributed by atoms with Gasteiger partial charge in [0.25, 0.3) is 0 Å². The van der Waals surface area contributed by atoms with Crippen LogP contribution in [0.4, 0.5) is 10.5 Å². The number of aliphatic hydroxyl groups is 1. The average Bonchev–Trinajstić information content (AvgIpc) is 2.70. The first-order valence-electron chi connectivity index (χ1n) is 9.57. The molecule has 152 valence electrons. The fourth-order valence-corrected chi connectivity index (χ4v) is 2.79. The van der Waals surface area contributed by atoms with Crippen LogP contribution in [0.3, 0.4) is 0 Å². The molecule has 28 heavy (non-hydrogen) atoms. The molecule has 0 aliphatic heterocycles. The molecule has 2 amide bonds. The number of rotatable bonds is 10. The summed E-state index contributed by atoms with van der Waals surface area (Å²) in [5.41, 5.74) is 1.42. The van der Waals surface area contributed by atoms with Gasteiger partial charge < -0.3 is 25.2 Å². The summed E-state index contributed by atoms with van der Waals surface area (Å²) in [7, 11) is 1.59. The SMILES string of the molecule is COc1ccc(NC(=O)NC(CO)c2ccccc2)cc1OCCCC(C)C. The molecule has 2 aromatic carbocycles. The molecular weight excluding hydrogens is 356 g/mol. The number of aliphatic hydroxyl groups excluding tert-OH is 1. The first-order chi connectivity index (χ1) is 13.5. The van der Waals surface area contributed by atoms with Crippen LogP contribution in [0.15, 0.2) is 48.5 Å². The molecule has 2 aromatic rings. The maximum atomic E-state index is 12.4. The summed E-state index contributed by atoms with van der Waals surface area (Å²) in [5.74, 6) is 1.84. The van der Waals surface area contributed by atoms with E-state index >= 15 is 0 Å². The summed E-state index contributed by atoms with van der Waals surface area (Å²) in [6.45, 7) is 4.76. The van der Waals surface area contributed by atoms with Crippen LogP contribution >= 0.6 is 0 Å². The zero-order valence-corrected chi connectivity index (χ0v) is 16.8. The lowest BCUT2D eigenvalue weighted by molar-refractivity contribution is 0.225. The second-order valence-electron chi connectivity index (χ2n) is 6.99. The predicted molar refractivity (Wildman–Crippen MR) is 111 cm³/mol. The molecule has 0 spiro atoms. The Kier molecular flexibility index (Phi) is 8.62. The normalized spacial score (nSPS) is 11.8. The fourth-order valence-electron chi connectivity index (χ4n) is 2.79. The van der Waals surface area contributed by atoms with Gasteiger partial charge in [0.15, 0.2) is 11.5 Å². The Balaban J connectivity index is 1.98. The van der Waals surface area contributed by atoms with Gasteiger partial charge in [-0.25, -0.2) is 4.79 Å².